The van der Waals surface area contributed by atoms with E-state index in [9.17, 15) is 0 Å². The van der Waals surface area contributed by atoms with Crippen LogP contribution in [0.1, 0.15) is 24.0 Å². The molecule has 3 nitrogen and oxygen atoms in total. The number of benzene rings is 1. The molecule has 0 saturated carbocycles. The van der Waals surface area contributed by atoms with Crippen LogP contribution in [-0.4, -0.2) is 19.6 Å². The van der Waals surface area contributed by atoms with Crippen LogP contribution in [0.25, 0.3) is 0 Å². The van der Waals surface area contributed by atoms with Crippen molar-refractivity contribution < 1.29 is 0 Å². The van der Waals surface area contributed by atoms with Gasteiger partial charge in [-0.15, -0.1) is 0 Å². The molecular formula is C14H19N3. The number of hydrogen-bond donors (Lipinski definition) is 2. The van der Waals surface area contributed by atoms with E-state index in [1.54, 1.807) is 0 Å². The van der Waals surface area contributed by atoms with Crippen LogP contribution in [0.15, 0.2) is 24.3 Å². The zero-order valence-electron chi connectivity index (χ0n) is 10.1. The van der Waals surface area contributed by atoms with Crippen LogP contribution in [0, 0.1) is 17.2 Å². The number of hydrogen-bond acceptors (Lipinski definition) is 3. The molecule has 1 aliphatic heterocycles. The summed E-state index contributed by atoms with van der Waals surface area (Å²) in [6, 6.07) is 10.0. The molecule has 0 radical (unpaired) electrons. The van der Waals surface area contributed by atoms with Crippen molar-refractivity contribution in [3.8, 4) is 6.07 Å². The van der Waals surface area contributed by atoms with Gasteiger partial charge < -0.3 is 10.6 Å². The maximum Gasteiger partial charge on any atom is 0.0995 e. The Labute approximate surface area is 103 Å². The first-order valence-corrected chi connectivity index (χ1v) is 6.29. The summed E-state index contributed by atoms with van der Waals surface area (Å²) in [4.78, 5) is 0. The van der Waals surface area contributed by atoms with Crippen LogP contribution in [0.5, 0.6) is 0 Å². The van der Waals surface area contributed by atoms with Gasteiger partial charge >= 0.3 is 0 Å². The Morgan fingerprint density at radius 2 is 2.29 bits per heavy atom. The van der Waals surface area contributed by atoms with E-state index in [4.69, 9.17) is 5.26 Å². The average Bonchev–Trinajstić information content (AvgIpc) is 2.40. The third-order valence-corrected chi connectivity index (χ3v) is 3.29. The molecule has 0 amide bonds. The lowest BCUT2D eigenvalue weighted by Gasteiger charge is -2.23. The van der Waals surface area contributed by atoms with E-state index in [2.05, 4.69) is 16.7 Å². The average molecular weight is 229 g/mol. The lowest BCUT2D eigenvalue weighted by atomic mass is 9.99. The second kappa shape index (κ2) is 6.39. The largest absolute Gasteiger partial charge is 0.316 e. The SMILES string of the molecule is N#Cc1ccccc1CNC[C@H]1CCCNC1. The van der Waals surface area contributed by atoms with Crippen molar-refractivity contribution in [1.82, 2.24) is 10.6 Å². The fourth-order valence-electron chi connectivity index (χ4n) is 2.29. The lowest BCUT2D eigenvalue weighted by molar-refractivity contribution is 0.360. The highest BCUT2D eigenvalue weighted by atomic mass is 14.9. The van der Waals surface area contributed by atoms with Gasteiger partial charge in [0, 0.05) is 6.54 Å². The van der Waals surface area contributed by atoms with Crippen molar-refractivity contribution >= 4 is 0 Å². The highest BCUT2D eigenvalue weighted by Gasteiger charge is 2.12. The Kier molecular flexibility index (Phi) is 4.54. The van der Waals surface area contributed by atoms with E-state index in [0.29, 0.717) is 0 Å². The molecule has 1 saturated heterocycles. The smallest absolute Gasteiger partial charge is 0.0995 e. The second-order valence-electron chi connectivity index (χ2n) is 4.61. The topological polar surface area (TPSA) is 47.9 Å². The van der Waals surface area contributed by atoms with Gasteiger partial charge in [-0.3, -0.25) is 0 Å². The number of nitriles is 1. The summed E-state index contributed by atoms with van der Waals surface area (Å²) in [6.45, 7) is 4.10. The number of piperidine rings is 1. The molecule has 1 aromatic rings. The molecule has 17 heavy (non-hydrogen) atoms. The third kappa shape index (κ3) is 3.55. The van der Waals surface area contributed by atoms with Crippen LogP contribution >= 0.6 is 0 Å². The van der Waals surface area contributed by atoms with Crippen molar-refractivity contribution in [3.63, 3.8) is 0 Å². The number of rotatable bonds is 4. The van der Waals surface area contributed by atoms with Gasteiger partial charge in [0.15, 0.2) is 0 Å². The molecule has 0 unspecified atom stereocenters. The van der Waals surface area contributed by atoms with Crippen LogP contribution in [0.4, 0.5) is 0 Å². The minimum Gasteiger partial charge on any atom is -0.316 e. The summed E-state index contributed by atoms with van der Waals surface area (Å²) in [5, 5.41) is 15.8. The Morgan fingerprint density at radius 3 is 3.06 bits per heavy atom. The highest BCUT2D eigenvalue weighted by molar-refractivity contribution is 5.37. The first-order valence-electron chi connectivity index (χ1n) is 6.29. The fourth-order valence-corrected chi connectivity index (χ4v) is 2.29. The fraction of sp³-hybridized carbons (Fsp3) is 0.500. The van der Waals surface area contributed by atoms with E-state index in [-0.39, 0.29) is 0 Å². The predicted molar refractivity (Wildman–Crippen MR) is 68.5 cm³/mol. The molecule has 1 fully saturated rings. The molecule has 0 aromatic heterocycles. The van der Waals surface area contributed by atoms with Crippen LogP contribution in [0.2, 0.25) is 0 Å². The molecule has 2 N–H and O–H groups in total. The molecule has 3 heteroatoms. The molecule has 1 aliphatic rings. The minimum absolute atomic E-state index is 0.734. The molecule has 2 rings (SSSR count). The maximum atomic E-state index is 8.98. The van der Waals surface area contributed by atoms with Crippen molar-refractivity contribution in [3.05, 3.63) is 35.4 Å². The molecule has 1 heterocycles. The predicted octanol–water partition coefficient (Wildman–Crippen LogP) is 1.65. The number of nitrogens with zero attached hydrogens (tertiary/aromatic N) is 1. The van der Waals surface area contributed by atoms with Gasteiger partial charge in [0.05, 0.1) is 11.6 Å². The maximum absolute atomic E-state index is 8.98. The Balaban J connectivity index is 1.79. The van der Waals surface area contributed by atoms with Gasteiger partial charge in [-0.2, -0.15) is 5.26 Å². The summed E-state index contributed by atoms with van der Waals surface area (Å²) in [7, 11) is 0. The number of nitrogens with one attached hydrogen (secondary N) is 2. The van der Waals surface area contributed by atoms with Gasteiger partial charge in [-0.25, -0.2) is 0 Å². The normalized spacial score (nSPS) is 19.8. The lowest BCUT2D eigenvalue weighted by Crippen LogP contribution is -2.35. The van der Waals surface area contributed by atoms with Crippen molar-refractivity contribution in [2.45, 2.75) is 19.4 Å². The van der Waals surface area contributed by atoms with Crippen molar-refractivity contribution in [1.29, 1.82) is 5.26 Å². The first-order chi connectivity index (χ1) is 8.40. The van der Waals surface area contributed by atoms with E-state index < -0.39 is 0 Å². The summed E-state index contributed by atoms with van der Waals surface area (Å²) in [5.41, 5.74) is 1.88. The first kappa shape index (κ1) is 12.1. The van der Waals surface area contributed by atoms with Gasteiger partial charge in [0.25, 0.3) is 0 Å². The Hall–Kier alpha value is -1.37. The van der Waals surface area contributed by atoms with E-state index in [1.807, 2.05) is 24.3 Å². The second-order valence-corrected chi connectivity index (χ2v) is 4.61. The van der Waals surface area contributed by atoms with E-state index >= 15 is 0 Å². The van der Waals surface area contributed by atoms with Gasteiger partial charge in [-0.1, -0.05) is 18.2 Å². The van der Waals surface area contributed by atoms with Gasteiger partial charge in [-0.05, 0) is 50.0 Å². The standard InChI is InChI=1S/C14H19N3/c15-8-13-5-1-2-6-14(13)11-17-10-12-4-3-7-16-9-12/h1-2,5-6,12,16-17H,3-4,7,9-11H2/t12-/m0/s1. The molecule has 90 valence electrons. The molecule has 0 bridgehead atoms. The van der Waals surface area contributed by atoms with Crippen LogP contribution in [-0.2, 0) is 6.54 Å². The molecule has 1 aromatic carbocycles. The molecule has 0 spiro atoms. The summed E-state index contributed by atoms with van der Waals surface area (Å²) >= 11 is 0. The Bertz CT molecular complexity index is 389. The van der Waals surface area contributed by atoms with E-state index in [1.165, 1.54) is 12.8 Å². The monoisotopic (exact) mass is 229 g/mol. The quantitative estimate of drug-likeness (QED) is 0.825. The van der Waals surface area contributed by atoms with Crippen molar-refractivity contribution in [2.24, 2.45) is 5.92 Å². The molecule has 0 aliphatic carbocycles. The molecular weight excluding hydrogens is 210 g/mol. The summed E-state index contributed by atoms with van der Waals surface area (Å²) in [5.74, 6) is 0.734. The summed E-state index contributed by atoms with van der Waals surface area (Å²) in [6.07, 6.45) is 2.58. The van der Waals surface area contributed by atoms with Crippen LogP contribution in [0.3, 0.4) is 0 Å². The third-order valence-electron chi connectivity index (χ3n) is 3.29. The van der Waals surface area contributed by atoms with Gasteiger partial charge in [0.1, 0.15) is 0 Å². The summed E-state index contributed by atoms with van der Waals surface area (Å²) < 4.78 is 0. The minimum atomic E-state index is 0.734. The zero-order valence-corrected chi connectivity index (χ0v) is 10.1. The Morgan fingerprint density at radius 1 is 1.41 bits per heavy atom. The van der Waals surface area contributed by atoms with Crippen LogP contribution < -0.4 is 10.6 Å². The zero-order chi connectivity index (χ0) is 11.9. The molecule has 1 atom stereocenters. The van der Waals surface area contributed by atoms with Crippen molar-refractivity contribution in [2.75, 3.05) is 19.6 Å². The highest BCUT2D eigenvalue weighted by Crippen LogP contribution is 2.10. The van der Waals surface area contributed by atoms with E-state index in [0.717, 1.165) is 43.2 Å². The van der Waals surface area contributed by atoms with Gasteiger partial charge in [0.2, 0.25) is 0 Å².